The van der Waals surface area contributed by atoms with Crippen molar-refractivity contribution >= 4 is 66.1 Å². The summed E-state index contributed by atoms with van der Waals surface area (Å²) in [5, 5.41) is 6.01. The molecule has 7 heteroatoms. The first-order valence-corrected chi connectivity index (χ1v) is 12.0. The van der Waals surface area contributed by atoms with Crippen LogP contribution in [-0.2, 0) is 12.8 Å². The van der Waals surface area contributed by atoms with Gasteiger partial charge in [-0.1, -0.05) is 22.0 Å². The Hall–Kier alpha value is -2.22. The number of nitrogens with two attached hydrogens (primary N) is 1. The van der Waals surface area contributed by atoms with Gasteiger partial charge in [0.05, 0.1) is 16.3 Å². The summed E-state index contributed by atoms with van der Waals surface area (Å²) in [4.78, 5) is 20.5. The molecule has 1 amide bonds. The van der Waals surface area contributed by atoms with Gasteiger partial charge >= 0.3 is 0 Å². The van der Waals surface area contributed by atoms with Crippen LogP contribution in [0.25, 0.3) is 20.8 Å². The smallest absolute Gasteiger partial charge is 0.267 e. The van der Waals surface area contributed by atoms with Crippen molar-refractivity contribution in [3.8, 4) is 10.6 Å². The number of anilines is 2. The van der Waals surface area contributed by atoms with E-state index in [4.69, 9.17) is 10.7 Å². The SMILES string of the molecule is Nc1c(C(=O)Nc2ccc(Br)cc2)sc2nc(-c3cccs3)c3c(c12)CCCC3. The van der Waals surface area contributed by atoms with Gasteiger partial charge < -0.3 is 11.1 Å². The molecule has 1 aliphatic carbocycles. The number of rotatable bonds is 3. The van der Waals surface area contributed by atoms with Gasteiger partial charge in [-0.05, 0) is 72.5 Å². The lowest BCUT2D eigenvalue weighted by atomic mass is 9.88. The van der Waals surface area contributed by atoms with E-state index in [9.17, 15) is 4.79 Å². The highest BCUT2D eigenvalue weighted by molar-refractivity contribution is 9.10. The number of aromatic nitrogens is 1. The maximum absolute atomic E-state index is 13.0. The highest BCUT2D eigenvalue weighted by atomic mass is 79.9. The van der Waals surface area contributed by atoms with E-state index in [-0.39, 0.29) is 5.91 Å². The van der Waals surface area contributed by atoms with Crippen molar-refractivity contribution in [2.45, 2.75) is 25.7 Å². The summed E-state index contributed by atoms with van der Waals surface area (Å²) in [6.45, 7) is 0. The van der Waals surface area contributed by atoms with Crippen LogP contribution in [0.3, 0.4) is 0 Å². The van der Waals surface area contributed by atoms with E-state index in [0.717, 1.165) is 45.3 Å². The third-order valence-corrected chi connectivity index (χ3v) is 7.76. The molecule has 4 nitrogen and oxygen atoms in total. The summed E-state index contributed by atoms with van der Waals surface area (Å²) < 4.78 is 0.966. The molecule has 0 saturated carbocycles. The van der Waals surface area contributed by atoms with Crippen LogP contribution < -0.4 is 11.1 Å². The van der Waals surface area contributed by atoms with Crippen LogP contribution in [0.15, 0.2) is 46.3 Å². The molecule has 0 saturated heterocycles. The predicted octanol–water partition coefficient (Wildman–Crippen LogP) is 6.50. The Morgan fingerprint density at radius 3 is 2.59 bits per heavy atom. The molecule has 0 spiro atoms. The first-order valence-electron chi connectivity index (χ1n) is 9.46. The zero-order chi connectivity index (χ0) is 20.0. The summed E-state index contributed by atoms with van der Waals surface area (Å²) in [6.07, 6.45) is 4.31. The quantitative estimate of drug-likeness (QED) is 0.349. The van der Waals surface area contributed by atoms with E-state index < -0.39 is 0 Å². The van der Waals surface area contributed by atoms with Gasteiger partial charge in [0.2, 0.25) is 0 Å². The van der Waals surface area contributed by atoms with Gasteiger partial charge in [-0.25, -0.2) is 4.98 Å². The van der Waals surface area contributed by atoms with E-state index in [1.54, 1.807) is 11.3 Å². The number of pyridine rings is 1. The molecule has 146 valence electrons. The first-order chi connectivity index (χ1) is 14.1. The fourth-order valence-corrected chi connectivity index (χ4v) is 5.95. The standard InChI is InChI=1S/C22H18BrN3OS2/c23-12-7-9-13(10-8-12)25-21(27)20-18(24)17-14-4-1-2-5-15(14)19(26-22(17)29-20)16-6-3-11-28-16/h3,6-11H,1-2,4-5,24H2,(H,25,27). The third-order valence-electron chi connectivity index (χ3n) is 5.26. The normalized spacial score (nSPS) is 13.4. The number of nitrogen functional groups attached to an aromatic ring is 1. The molecule has 29 heavy (non-hydrogen) atoms. The third kappa shape index (κ3) is 3.37. The molecule has 0 unspecified atom stereocenters. The molecule has 0 atom stereocenters. The molecule has 3 heterocycles. The average molecular weight is 484 g/mol. The fourth-order valence-electron chi connectivity index (χ4n) is 3.92. The number of nitrogens with one attached hydrogen (secondary N) is 1. The molecule has 1 aliphatic rings. The Labute approximate surface area is 184 Å². The molecule has 0 fully saturated rings. The minimum Gasteiger partial charge on any atom is -0.397 e. The van der Waals surface area contributed by atoms with Crippen LogP contribution in [0, 0.1) is 0 Å². The Balaban J connectivity index is 1.62. The lowest BCUT2D eigenvalue weighted by Gasteiger charge is -2.19. The zero-order valence-electron chi connectivity index (χ0n) is 15.5. The Morgan fingerprint density at radius 1 is 1.10 bits per heavy atom. The van der Waals surface area contributed by atoms with Crippen LogP contribution in [0.1, 0.15) is 33.6 Å². The molecule has 5 rings (SSSR count). The summed E-state index contributed by atoms with van der Waals surface area (Å²) in [5.74, 6) is -0.185. The summed E-state index contributed by atoms with van der Waals surface area (Å²) in [7, 11) is 0. The van der Waals surface area contributed by atoms with Gasteiger partial charge in [0, 0.05) is 15.5 Å². The van der Waals surface area contributed by atoms with Crippen LogP contribution in [0.2, 0.25) is 0 Å². The number of carbonyl (C=O) groups is 1. The molecule has 4 aromatic rings. The van der Waals surface area contributed by atoms with Crippen LogP contribution in [0.4, 0.5) is 11.4 Å². The number of hydrogen-bond donors (Lipinski definition) is 2. The number of aryl methyl sites for hydroxylation is 1. The van der Waals surface area contributed by atoms with Crippen molar-refractivity contribution in [2.75, 3.05) is 11.1 Å². The van der Waals surface area contributed by atoms with E-state index in [1.807, 2.05) is 24.3 Å². The van der Waals surface area contributed by atoms with Gasteiger partial charge in [0.25, 0.3) is 5.91 Å². The van der Waals surface area contributed by atoms with Crippen molar-refractivity contribution in [1.29, 1.82) is 0 Å². The maximum atomic E-state index is 13.0. The van der Waals surface area contributed by atoms with Crippen molar-refractivity contribution in [2.24, 2.45) is 0 Å². The molecule has 3 aromatic heterocycles. The molecule has 0 bridgehead atoms. The molecule has 1 aromatic carbocycles. The van der Waals surface area contributed by atoms with Gasteiger partial charge in [0.1, 0.15) is 9.71 Å². The van der Waals surface area contributed by atoms with Crippen molar-refractivity contribution in [1.82, 2.24) is 4.98 Å². The minimum atomic E-state index is -0.185. The number of fused-ring (bicyclic) bond motifs is 3. The number of carbonyl (C=O) groups excluding carboxylic acids is 1. The Bertz CT molecular complexity index is 1210. The van der Waals surface area contributed by atoms with Crippen LogP contribution in [0.5, 0.6) is 0 Å². The lowest BCUT2D eigenvalue weighted by Crippen LogP contribution is -2.12. The molecular weight excluding hydrogens is 466 g/mol. The Kier molecular flexibility index (Phi) is 4.89. The second kappa shape index (κ2) is 7.55. The summed E-state index contributed by atoms with van der Waals surface area (Å²) >= 11 is 6.50. The van der Waals surface area contributed by atoms with E-state index >= 15 is 0 Å². The first kappa shape index (κ1) is 18.8. The largest absolute Gasteiger partial charge is 0.397 e. The van der Waals surface area contributed by atoms with Gasteiger partial charge in [-0.2, -0.15) is 0 Å². The van der Waals surface area contributed by atoms with Crippen molar-refractivity contribution in [3.05, 3.63) is 62.3 Å². The number of amides is 1. The fraction of sp³-hybridized carbons (Fsp3) is 0.182. The predicted molar refractivity (Wildman–Crippen MR) is 126 cm³/mol. The van der Waals surface area contributed by atoms with E-state index in [2.05, 4.69) is 38.8 Å². The van der Waals surface area contributed by atoms with Gasteiger partial charge in [-0.15, -0.1) is 22.7 Å². The van der Waals surface area contributed by atoms with Gasteiger partial charge in [0.15, 0.2) is 0 Å². The second-order valence-electron chi connectivity index (χ2n) is 7.09. The number of halogens is 1. The van der Waals surface area contributed by atoms with Crippen LogP contribution in [-0.4, -0.2) is 10.9 Å². The average Bonchev–Trinajstić information content (AvgIpc) is 3.37. The zero-order valence-corrected chi connectivity index (χ0v) is 18.7. The van der Waals surface area contributed by atoms with E-state index in [0.29, 0.717) is 10.6 Å². The molecule has 0 radical (unpaired) electrons. The summed E-state index contributed by atoms with van der Waals surface area (Å²) in [5.41, 5.74) is 11.5. The lowest BCUT2D eigenvalue weighted by molar-refractivity contribution is 0.103. The molecule has 0 aliphatic heterocycles. The topological polar surface area (TPSA) is 68.0 Å². The summed E-state index contributed by atoms with van der Waals surface area (Å²) in [6, 6.07) is 11.7. The number of thiophene rings is 2. The van der Waals surface area contributed by atoms with Gasteiger partial charge in [-0.3, -0.25) is 4.79 Å². The molecule has 3 N–H and O–H groups in total. The van der Waals surface area contributed by atoms with Crippen molar-refractivity contribution in [3.63, 3.8) is 0 Å². The number of benzene rings is 1. The monoisotopic (exact) mass is 483 g/mol. The number of hydrogen-bond acceptors (Lipinski definition) is 5. The molecular formula is C22H18BrN3OS2. The van der Waals surface area contributed by atoms with E-state index in [1.165, 1.54) is 33.8 Å². The Morgan fingerprint density at radius 2 is 1.86 bits per heavy atom. The minimum absolute atomic E-state index is 0.185. The maximum Gasteiger partial charge on any atom is 0.267 e. The van der Waals surface area contributed by atoms with Crippen LogP contribution >= 0.6 is 38.6 Å². The highest BCUT2D eigenvalue weighted by Crippen LogP contribution is 2.43. The highest BCUT2D eigenvalue weighted by Gasteiger charge is 2.26. The van der Waals surface area contributed by atoms with Crippen molar-refractivity contribution < 1.29 is 4.79 Å². The number of nitrogens with zero attached hydrogens (tertiary/aromatic N) is 1. The second-order valence-corrected chi connectivity index (χ2v) is 9.95.